The van der Waals surface area contributed by atoms with Crippen LogP contribution in [-0.4, -0.2) is 38.9 Å². The Morgan fingerprint density at radius 3 is 2.48 bits per heavy atom. The Morgan fingerprint density at radius 1 is 1.12 bits per heavy atom. The zero-order valence-electron chi connectivity index (χ0n) is 14.2. The predicted octanol–water partition coefficient (Wildman–Crippen LogP) is 2.44. The van der Waals surface area contributed by atoms with Gasteiger partial charge in [0.15, 0.2) is 0 Å². The number of aryl methyl sites for hydroxylation is 1. The van der Waals surface area contributed by atoms with Gasteiger partial charge in [0.05, 0.1) is 22.7 Å². The van der Waals surface area contributed by atoms with Gasteiger partial charge >= 0.3 is 0 Å². The minimum atomic E-state index is -3.77. The molecule has 132 valence electrons. The van der Waals surface area contributed by atoms with Crippen molar-refractivity contribution in [1.82, 2.24) is 0 Å². The predicted molar refractivity (Wildman–Crippen MR) is 95.2 cm³/mol. The van der Waals surface area contributed by atoms with Crippen LogP contribution in [0, 0.1) is 6.92 Å². The second-order valence-electron chi connectivity index (χ2n) is 6.77. The van der Waals surface area contributed by atoms with E-state index in [1.807, 2.05) is 31.2 Å². The van der Waals surface area contributed by atoms with Gasteiger partial charge in [-0.3, -0.25) is 4.31 Å². The van der Waals surface area contributed by atoms with E-state index in [9.17, 15) is 13.5 Å². The first-order valence-corrected chi connectivity index (χ1v) is 9.80. The Balaban J connectivity index is 1.86. The van der Waals surface area contributed by atoms with Crippen LogP contribution in [0.25, 0.3) is 0 Å². The van der Waals surface area contributed by atoms with Crippen molar-refractivity contribution in [2.75, 3.05) is 11.4 Å². The highest BCUT2D eigenvalue weighted by Gasteiger charge is 2.55. The van der Waals surface area contributed by atoms with E-state index in [0.717, 1.165) is 11.1 Å². The molecule has 0 saturated heterocycles. The number of para-hydroxylation sites is 1. The molecule has 0 radical (unpaired) electrons. The van der Waals surface area contributed by atoms with E-state index in [1.54, 1.807) is 31.4 Å². The molecule has 1 N–H and O–H groups in total. The van der Waals surface area contributed by atoms with Gasteiger partial charge in [0, 0.05) is 13.0 Å². The summed E-state index contributed by atoms with van der Waals surface area (Å²) in [4.78, 5) is 0.238. The average molecular weight is 359 g/mol. The Bertz CT molecular complexity index is 894. The van der Waals surface area contributed by atoms with Crippen LogP contribution in [0.15, 0.2) is 53.4 Å². The maximum absolute atomic E-state index is 13.4. The van der Waals surface area contributed by atoms with Gasteiger partial charge in [-0.2, -0.15) is 0 Å². The molecule has 0 amide bonds. The number of rotatable bonds is 3. The van der Waals surface area contributed by atoms with Crippen LogP contribution in [-0.2, 0) is 14.8 Å². The number of sulfonamides is 1. The molecule has 1 saturated carbocycles. The van der Waals surface area contributed by atoms with Gasteiger partial charge in [-0.25, -0.2) is 8.42 Å². The molecule has 5 nitrogen and oxygen atoms in total. The van der Waals surface area contributed by atoms with Crippen LogP contribution >= 0.6 is 0 Å². The minimum Gasteiger partial charge on any atom is -0.388 e. The van der Waals surface area contributed by atoms with Crippen molar-refractivity contribution in [1.29, 1.82) is 0 Å². The van der Waals surface area contributed by atoms with Crippen molar-refractivity contribution in [2.24, 2.45) is 0 Å². The van der Waals surface area contributed by atoms with Crippen molar-refractivity contribution in [3.63, 3.8) is 0 Å². The number of aliphatic hydroxyl groups excluding tert-OH is 1. The molecule has 4 atom stereocenters. The highest BCUT2D eigenvalue weighted by molar-refractivity contribution is 7.92. The topological polar surface area (TPSA) is 66.8 Å². The summed E-state index contributed by atoms with van der Waals surface area (Å²) < 4.78 is 33.5. The van der Waals surface area contributed by atoms with Crippen molar-refractivity contribution in [2.45, 2.75) is 42.4 Å². The number of methoxy groups -OCH3 is 1. The Hall–Kier alpha value is -1.89. The number of anilines is 1. The summed E-state index contributed by atoms with van der Waals surface area (Å²) in [7, 11) is -2.21. The lowest BCUT2D eigenvalue weighted by Crippen LogP contribution is -2.46. The number of fused-ring (bicyclic) bond motifs is 3. The zero-order chi connectivity index (χ0) is 17.8. The average Bonchev–Trinajstić information content (AvgIpc) is 3.10. The molecule has 0 aromatic heterocycles. The van der Waals surface area contributed by atoms with Crippen LogP contribution in [0.2, 0.25) is 0 Å². The van der Waals surface area contributed by atoms with Crippen molar-refractivity contribution >= 4 is 15.7 Å². The van der Waals surface area contributed by atoms with E-state index in [0.29, 0.717) is 12.1 Å². The molecule has 6 heteroatoms. The summed E-state index contributed by atoms with van der Waals surface area (Å²) >= 11 is 0. The first-order valence-electron chi connectivity index (χ1n) is 8.36. The summed E-state index contributed by atoms with van der Waals surface area (Å²) in [5, 5.41) is 10.7. The zero-order valence-corrected chi connectivity index (χ0v) is 15.0. The van der Waals surface area contributed by atoms with E-state index in [1.165, 1.54) is 4.31 Å². The number of nitrogens with zero attached hydrogens (tertiary/aromatic N) is 1. The second-order valence-corrected chi connectivity index (χ2v) is 8.59. The third-order valence-corrected chi connectivity index (χ3v) is 7.18. The summed E-state index contributed by atoms with van der Waals surface area (Å²) in [6.07, 6.45) is -0.610. The summed E-state index contributed by atoms with van der Waals surface area (Å²) in [6, 6.07) is 13.8. The third kappa shape index (κ3) is 2.39. The molecule has 0 spiro atoms. The Labute approximate surface area is 147 Å². The highest BCUT2D eigenvalue weighted by atomic mass is 32.2. The lowest BCUT2D eigenvalue weighted by molar-refractivity contribution is 0.00486. The second kappa shape index (κ2) is 5.83. The number of aliphatic hydroxyl groups is 1. The SMILES string of the molecule is COC1CC2c3ccccc3N(S(=O)(=O)c3ccc(C)cc3)C2C1O. The van der Waals surface area contributed by atoms with E-state index in [4.69, 9.17) is 4.74 Å². The number of ether oxygens (including phenoxy) is 1. The van der Waals surface area contributed by atoms with Gasteiger partial charge < -0.3 is 9.84 Å². The first kappa shape index (κ1) is 16.6. The van der Waals surface area contributed by atoms with Gasteiger partial charge in [0.2, 0.25) is 0 Å². The van der Waals surface area contributed by atoms with Gasteiger partial charge in [-0.05, 0) is 37.1 Å². The van der Waals surface area contributed by atoms with Crippen LogP contribution in [0.1, 0.15) is 23.5 Å². The Kier molecular flexibility index (Phi) is 3.86. The summed E-state index contributed by atoms with van der Waals surface area (Å²) in [5.41, 5.74) is 2.62. The van der Waals surface area contributed by atoms with Crippen molar-refractivity contribution in [3.8, 4) is 0 Å². The van der Waals surface area contributed by atoms with Crippen LogP contribution < -0.4 is 4.31 Å². The van der Waals surface area contributed by atoms with E-state index >= 15 is 0 Å². The largest absolute Gasteiger partial charge is 0.388 e. The molecule has 0 bridgehead atoms. The minimum absolute atomic E-state index is 0.0589. The highest BCUT2D eigenvalue weighted by Crippen LogP contribution is 2.51. The molecular weight excluding hydrogens is 338 g/mol. The number of benzene rings is 2. The van der Waals surface area contributed by atoms with Gasteiger partial charge in [-0.1, -0.05) is 35.9 Å². The maximum atomic E-state index is 13.4. The monoisotopic (exact) mass is 359 g/mol. The molecule has 4 rings (SSSR count). The summed E-state index contributed by atoms with van der Waals surface area (Å²) in [5.74, 6) is -0.0589. The smallest absolute Gasteiger partial charge is 0.264 e. The molecule has 1 fully saturated rings. The lowest BCUT2D eigenvalue weighted by atomic mass is 9.97. The van der Waals surface area contributed by atoms with Gasteiger partial charge in [0.25, 0.3) is 10.0 Å². The first-order chi connectivity index (χ1) is 11.9. The fourth-order valence-corrected chi connectivity index (χ4v) is 5.84. The van der Waals surface area contributed by atoms with Crippen molar-refractivity contribution in [3.05, 3.63) is 59.7 Å². The molecule has 1 aliphatic heterocycles. The van der Waals surface area contributed by atoms with Gasteiger partial charge in [-0.15, -0.1) is 0 Å². The fraction of sp³-hybridized carbons (Fsp3) is 0.368. The van der Waals surface area contributed by atoms with Crippen LogP contribution in [0.5, 0.6) is 0 Å². The van der Waals surface area contributed by atoms with E-state index in [2.05, 4.69) is 0 Å². The molecular formula is C19H21NO4S. The van der Waals surface area contributed by atoms with Crippen molar-refractivity contribution < 1.29 is 18.3 Å². The molecule has 2 aromatic carbocycles. The maximum Gasteiger partial charge on any atom is 0.264 e. The quantitative estimate of drug-likeness (QED) is 0.914. The molecule has 2 aromatic rings. The fourth-order valence-electron chi connectivity index (χ4n) is 4.11. The van der Waals surface area contributed by atoms with E-state index in [-0.39, 0.29) is 16.9 Å². The lowest BCUT2D eigenvalue weighted by Gasteiger charge is -2.29. The number of hydrogen-bond donors (Lipinski definition) is 1. The molecule has 25 heavy (non-hydrogen) atoms. The summed E-state index contributed by atoms with van der Waals surface area (Å²) in [6.45, 7) is 1.92. The third-order valence-electron chi connectivity index (χ3n) is 5.35. The van der Waals surface area contributed by atoms with Gasteiger partial charge in [0.1, 0.15) is 6.10 Å². The normalized spacial score (nSPS) is 28.0. The van der Waals surface area contributed by atoms with Crippen LogP contribution in [0.3, 0.4) is 0 Å². The molecule has 1 aliphatic carbocycles. The number of hydrogen-bond acceptors (Lipinski definition) is 4. The molecule has 2 aliphatic rings. The van der Waals surface area contributed by atoms with E-state index < -0.39 is 22.2 Å². The Morgan fingerprint density at radius 2 is 1.80 bits per heavy atom. The standard InChI is InChI=1S/C19H21NO4S/c1-12-7-9-13(10-8-12)25(22,23)20-16-6-4-3-5-14(16)15-11-17(24-2)19(21)18(15)20/h3-10,15,17-19,21H,11H2,1-2H3. The van der Waals surface area contributed by atoms with Crippen LogP contribution in [0.4, 0.5) is 5.69 Å². The molecule has 4 unspecified atom stereocenters. The molecule has 1 heterocycles.